The molecule has 1 heterocycles. The van der Waals surface area contributed by atoms with Crippen molar-refractivity contribution >= 4 is 5.97 Å². The van der Waals surface area contributed by atoms with Crippen molar-refractivity contribution in [2.24, 2.45) is 17.8 Å². The molecular weight excluding hydrogens is 327 g/mol. The molecule has 0 aromatic rings. The molecule has 6 atom stereocenters. The Labute approximate surface area is 128 Å². The van der Waals surface area contributed by atoms with E-state index in [0.717, 1.165) is 13.8 Å². The van der Waals surface area contributed by atoms with Gasteiger partial charge in [0, 0.05) is 18.8 Å². The van der Waals surface area contributed by atoms with Gasteiger partial charge in [-0.3, -0.25) is 4.79 Å². The fraction of sp³-hybridized carbons (Fsp3) is 0.786. The topological polar surface area (TPSA) is 55.8 Å². The third kappa shape index (κ3) is 1.86. The van der Waals surface area contributed by atoms with E-state index in [1.165, 1.54) is 0 Å². The molecule has 1 aliphatic heterocycles. The third-order valence-corrected chi connectivity index (χ3v) is 5.12. The van der Waals surface area contributed by atoms with Crippen LogP contribution in [-0.4, -0.2) is 40.7 Å². The molecular formula is C14H15F5O4. The summed E-state index contributed by atoms with van der Waals surface area (Å²) in [6, 6.07) is 0. The summed E-state index contributed by atoms with van der Waals surface area (Å²) in [5, 5.41) is 9.75. The van der Waals surface area contributed by atoms with Gasteiger partial charge in [0.15, 0.2) is 5.60 Å². The van der Waals surface area contributed by atoms with Crippen LogP contribution in [0.4, 0.5) is 22.0 Å². The number of carbonyl (C=O) groups is 1. The summed E-state index contributed by atoms with van der Waals surface area (Å²) in [4.78, 5) is 11.3. The predicted molar refractivity (Wildman–Crippen MR) is 65.2 cm³/mol. The van der Waals surface area contributed by atoms with E-state index in [1.54, 1.807) is 12.2 Å². The molecule has 1 saturated heterocycles. The molecule has 1 N–H and O–H groups in total. The molecule has 0 aromatic carbocycles. The fourth-order valence-corrected chi connectivity index (χ4v) is 4.15. The van der Waals surface area contributed by atoms with Crippen LogP contribution in [0.5, 0.6) is 0 Å². The van der Waals surface area contributed by atoms with Crippen LogP contribution in [-0.2, 0) is 14.3 Å². The summed E-state index contributed by atoms with van der Waals surface area (Å²) in [5.74, 6) is -12.9. The molecule has 3 rings (SSSR count). The maximum atomic E-state index is 14.7. The minimum absolute atomic E-state index is 0.316. The molecule has 4 nitrogen and oxygen atoms in total. The zero-order valence-corrected chi connectivity index (χ0v) is 12.2. The van der Waals surface area contributed by atoms with Crippen LogP contribution < -0.4 is 0 Å². The number of carbonyl (C=O) groups excluding carboxylic acids is 1. The monoisotopic (exact) mass is 342 g/mol. The van der Waals surface area contributed by atoms with Crippen LogP contribution in [0, 0.1) is 17.8 Å². The number of ether oxygens (including phenoxy) is 2. The Hall–Kier alpha value is -1.22. The second-order valence-electron chi connectivity index (χ2n) is 6.47. The summed E-state index contributed by atoms with van der Waals surface area (Å²) in [5.41, 5.74) is -2.84. The first-order valence-corrected chi connectivity index (χ1v) is 7.08. The molecule has 9 heteroatoms. The summed E-state index contributed by atoms with van der Waals surface area (Å²) in [7, 11) is 0. The molecule has 23 heavy (non-hydrogen) atoms. The maximum Gasteiger partial charge on any atom is 0.449 e. The standard InChI is InChI=1S/C14H15F5O4/c1-6(20)22-11(2)9-7-3-4-8(5-7)10(9)23-13(21,12(11,15)16)14(17,18)19/h3-4,7-10,21H,5H2,1-2H3. The van der Waals surface area contributed by atoms with Gasteiger partial charge >= 0.3 is 23.9 Å². The molecule has 0 aromatic heterocycles. The van der Waals surface area contributed by atoms with Crippen LogP contribution in [0.3, 0.4) is 0 Å². The number of hydrogen-bond donors (Lipinski definition) is 1. The molecule has 0 spiro atoms. The molecule has 130 valence electrons. The number of fused-ring (bicyclic) bond motifs is 5. The number of halogens is 5. The second kappa shape index (κ2) is 4.44. The highest BCUT2D eigenvalue weighted by Crippen LogP contribution is 2.64. The summed E-state index contributed by atoms with van der Waals surface area (Å²) < 4.78 is 78.2. The summed E-state index contributed by atoms with van der Waals surface area (Å²) >= 11 is 0. The third-order valence-electron chi connectivity index (χ3n) is 5.12. The van der Waals surface area contributed by atoms with E-state index in [1.807, 2.05) is 0 Å². The van der Waals surface area contributed by atoms with Gasteiger partial charge in [0.25, 0.3) is 0 Å². The van der Waals surface area contributed by atoms with Crippen molar-refractivity contribution in [3.05, 3.63) is 12.2 Å². The second-order valence-corrected chi connectivity index (χ2v) is 6.47. The van der Waals surface area contributed by atoms with Gasteiger partial charge in [-0.2, -0.15) is 22.0 Å². The zero-order valence-electron chi connectivity index (χ0n) is 12.2. The number of aliphatic hydroxyl groups is 1. The van der Waals surface area contributed by atoms with Gasteiger partial charge in [0.2, 0.25) is 0 Å². The van der Waals surface area contributed by atoms with Crippen LogP contribution in [0.15, 0.2) is 12.2 Å². The van der Waals surface area contributed by atoms with Crippen molar-refractivity contribution in [1.82, 2.24) is 0 Å². The fourth-order valence-electron chi connectivity index (χ4n) is 4.15. The lowest BCUT2D eigenvalue weighted by Crippen LogP contribution is -2.77. The number of esters is 1. The van der Waals surface area contributed by atoms with E-state index in [0.29, 0.717) is 6.42 Å². The van der Waals surface area contributed by atoms with E-state index < -0.39 is 53.3 Å². The Bertz CT molecular complexity index is 574. The van der Waals surface area contributed by atoms with Gasteiger partial charge in [-0.1, -0.05) is 12.2 Å². The van der Waals surface area contributed by atoms with Gasteiger partial charge in [-0.05, 0) is 19.3 Å². The van der Waals surface area contributed by atoms with Crippen molar-refractivity contribution in [1.29, 1.82) is 0 Å². The van der Waals surface area contributed by atoms with Crippen molar-refractivity contribution < 1.29 is 41.3 Å². The van der Waals surface area contributed by atoms with Crippen molar-refractivity contribution in [2.45, 2.75) is 49.9 Å². The minimum atomic E-state index is -5.76. The molecule has 2 fully saturated rings. The van der Waals surface area contributed by atoms with E-state index in [-0.39, 0.29) is 0 Å². The highest BCUT2D eigenvalue weighted by molar-refractivity contribution is 5.67. The first kappa shape index (κ1) is 16.6. The Balaban J connectivity index is 2.17. The number of rotatable bonds is 1. The molecule has 2 aliphatic carbocycles. The minimum Gasteiger partial charge on any atom is -0.452 e. The highest BCUT2D eigenvalue weighted by atomic mass is 19.4. The number of hydrogen-bond acceptors (Lipinski definition) is 4. The van der Waals surface area contributed by atoms with E-state index in [9.17, 15) is 31.9 Å². The Kier molecular flexibility index (Phi) is 3.21. The molecule has 3 aliphatic rings. The van der Waals surface area contributed by atoms with E-state index in [4.69, 9.17) is 0 Å². The van der Waals surface area contributed by atoms with Crippen LogP contribution in [0.1, 0.15) is 20.3 Å². The smallest absolute Gasteiger partial charge is 0.449 e. The van der Waals surface area contributed by atoms with Gasteiger partial charge in [0.05, 0.1) is 6.10 Å². The molecule has 2 bridgehead atoms. The van der Waals surface area contributed by atoms with E-state index in [2.05, 4.69) is 9.47 Å². The highest BCUT2D eigenvalue weighted by Gasteiger charge is 2.85. The first-order valence-electron chi connectivity index (χ1n) is 7.08. The Morgan fingerprint density at radius 1 is 1.30 bits per heavy atom. The van der Waals surface area contributed by atoms with Gasteiger partial charge in [-0.25, -0.2) is 0 Å². The van der Waals surface area contributed by atoms with Crippen molar-refractivity contribution in [3.8, 4) is 0 Å². The lowest BCUT2D eigenvalue weighted by molar-refractivity contribution is -0.491. The van der Waals surface area contributed by atoms with Crippen molar-refractivity contribution in [3.63, 3.8) is 0 Å². The predicted octanol–water partition coefficient (Wildman–Crippen LogP) is 2.42. The maximum absolute atomic E-state index is 14.7. The first-order chi connectivity index (χ1) is 10.3. The lowest BCUT2D eigenvalue weighted by Gasteiger charge is -2.55. The van der Waals surface area contributed by atoms with Crippen molar-refractivity contribution in [2.75, 3.05) is 0 Å². The van der Waals surface area contributed by atoms with Crippen LogP contribution in [0.2, 0.25) is 0 Å². The zero-order chi connectivity index (χ0) is 17.4. The van der Waals surface area contributed by atoms with Gasteiger partial charge in [-0.15, -0.1) is 0 Å². The van der Waals surface area contributed by atoms with Gasteiger partial charge in [0.1, 0.15) is 0 Å². The number of alkyl halides is 5. The quantitative estimate of drug-likeness (QED) is 0.452. The van der Waals surface area contributed by atoms with E-state index >= 15 is 0 Å². The average molecular weight is 342 g/mol. The summed E-state index contributed by atoms with van der Waals surface area (Å²) in [6.07, 6.45) is -3.55. The largest absolute Gasteiger partial charge is 0.452 e. The SMILES string of the molecule is CC(=O)OC1(C)C2C3C=CC(C3)C2OC(O)(C(F)(F)F)C1(F)F. The molecule has 0 radical (unpaired) electrons. The number of allylic oxidation sites excluding steroid dienone is 1. The van der Waals surface area contributed by atoms with Crippen LogP contribution in [0.25, 0.3) is 0 Å². The van der Waals surface area contributed by atoms with Gasteiger partial charge < -0.3 is 14.6 Å². The molecule has 0 amide bonds. The Morgan fingerprint density at radius 2 is 1.87 bits per heavy atom. The normalized spacial score (nSPS) is 47.5. The summed E-state index contributed by atoms with van der Waals surface area (Å²) in [6.45, 7) is 1.57. The average Bonchev–Trinajstić information content (AvgIpc) is 2.95. The lowest BCUT2D eigenvalue weighted by atomic mass is 9.69. The Morgan fingerprint density at radius 3 is 2.39 bits per heavy atom. The molecule has 1 saturated carbocycles. The molecule has 6 unspecified atom stereocenters. The van der Waals surface area contributed by atoms with Crippen LogP contribution >= 0.6 is 0 Å².